The largest absolute Gasteiger partial charge is 0.493 e. The summed E-state index contributed by atoms with van der Waals surface area (Å²) in [7, 11) is 0. The minimum absolute atomic E-state index is 0.352. The van der Waals surface area contributed by atoms with Gasteiger partial charge in [0.1, 0.15) is 18.1 Å². The molecule has 1 fully saturated rings. The monoisotopic (exact) mass is 670 g/mol. The number of nitrogens with one attached hydrogen (secondary N) is 1. The Morgan fingerprint density at radius 3 is 2.13 bits per heavy atom. The first-order valence-electron chi connectivity index (χ1n) is 16.2. The van der Waals surface area contributed by atoms with E-state index in [0.717, 1.165) is 75.2 Å². The van der Waals surface area contributed by atoms with E-state index in [1.165, 1.54) is 22.7 Å². The molecule has 0 amide bonds. The molecule has 5 heterocycles. The van der Waals surface area contributed by atoms with Crippen LogP contribution >= 0.6 is 22.7 Å². The molecular formula is C37H42N4O4S2. The summed E-state index contributed by atoms with van der Waals surface area (Å²) >= 11 is 2.97. The summed E-state index contributed by atoms with van der Waals surface area (Å²) in [6.07, 6.45) is 4.01. The van der Waals surface area contributed by atoms with E-state index in [-0.39, 0.29) is 6.04 Å². The Morgan fingerprint density at radius 1 is 0.851 bits per heavy atom. The predicted molar refractivity (Wildman–Crippen MR) is 188 cm³/mol. The van der Waals surface area contributed by atoms with Gasteiger partial charge < -0.3 is 24.6 Å². The SMILES string of the molecule is CCCOc1ccc([C@@H](OC(O)c2ccc(-c3ccccn3)s2)[C@@H](CN2CCCC2)N[C@H](O)c2ccc(-c3ccccn3)s2)cc1C. The highest BCUT2D eigenvalue weighted by molar-refractivity contribution is 7.15. The van der Waals surface area contributed by atoms with Gasteiger partial charge in [-0.2, -0.15) is 0 Å². The van der Waals surface area contributed by atoms with Gasteiger partial charge in [-0.3, -0.25) is 15.3 Å². The van der Waals surface area contributed by atoms with Crippen molar-refractivity contribution in [2.75, 3.05) is 26.2 Å². The van der Waals surface area contributed by atoms with Gasteiger partial charge >= 0.3 is 0 Å². The number of thiophene rings is 2. The lowest BCUT2D eigenvalue weighted by atomic mass is 9.98. The summed E-state index contributed by atoms with van der Waals surface area (Å²) in [6.45, 7) is 7.36. The second kappa shape index (κ2) is 16.1. The lowest BCUT2D eigenvalue weighted by Crippen LogP contribution is -2.46. The standard InChI is InChI=1S/C37H42N4O4S2/c1-3-22-44-30-13-12-26(23-25(30)2)35(45-37(43)34-17-15-32(47-34)28-11-5-7-19-39-28)29(24-41-20-8-9-21-41)40-36(42)33-16-14-31(46-33)27-10-4-6-18-38-27/h4-7,10-19,23,29,35-37,40,42-43H,3,8-9,20-22,24H2,1-2H3/t29-,35-,36-,37?/m1/s1. The van der Waals surface area contributed by atoms with E-state index in [1.54, 1.807) is 12.4 Å². The molecule has 1 aliphatic heterocycles. The molecule has 246 valence electrons. The zero-order valence-electron chi connectivity index (χ0n) is 26.8. The molecule has 0 radical (unpaired) electrons. The van der Waals surface area contributed by atoms with Crippen LogP contribution in [0.15, 0.2) is 91.3 Å². The molecule has 47 heavy (non-hydrogen) atoms. The Labute approximate surface area is 284 Å². The van der Waals surface area contributed by atoms with Gasteiger partial charge in [0.15, 0.2) is 6.29 Å². The third-order valence-electron chi connectivity index (χ3n) is 8.26. The van der Waals surface area contributed by atoms with E-state index in [1.807, 2.05) is 79.7 Å². The second-order valence-electron chi connectivity index (χ2n) is 11.8. The molecule has 0 spiro atoms. The van der Waals surface area contributed by atoms with Crippen LogP contribution in [0.5, 0.6) is 5.75 Å². The molecule has 6 rings (SSSR count). The van der Waals surface area contributed by atoms with Gasteiger partial charge in [-0.05, 0) is 111 Å². The summed E-state index contributed by atoms with van der Waals surface area (Å²) in [5.74, 6) is 0.831. The molecule has 1 aliphatic rings. The highest BCUT2D eigenvalue weighted by atomic mass is 32.1. The molecule has 3 N–H and O–H groups in total. The van der Waals surface area contributed by atoms with Crippen LogP contribution in [0, 0.1) is 6.92 Å². The first-order valence-corrected chi connectivity index (χ1v) is 17.9. The minimum Gasteiger partial charge on any atom is -0.493 e. The fraction of sp³-hybridized carbons (Fsp3) is 0.351. The smallest absolute Gasteiger partial charge is 0.191 e. The van der Waals surface area contributed by atoms with E-state index in [0.29, 0.717) is 18.0 Å². The summed E-state index contributed by atoms with van der Waals surface area (Å²) in [6, 6.07) is 25.1. The normalized spacial score (nSPS) is 16.2. The average Bonchev–Trinajstić information content (AvgIpc) is 3.90. The average molecular weight is 671 g/mol. The molecule has 1 unspecified atom stereocenters. The number of aromatic nitrogens is 2. The number of pyridine rings is 2. The molecule has 10 heteroatoms. The van der Waals surface area contributed by atoms with Crippen molar-refractivity contribution in [3.8, 4) is 26.9 Å². The number of aliphatic hydroxyl groups is 2. The number of hydrogen-bond donors (Lipinski definition) is 3. The van der Waals surface area contributed by atoms with E-state index in [2.05, 4.69) is 33.2 Å². The van der Waals surface area contributed by atoms with Crippen molar-refractivity contribution in [2.24, 2.45) is 0 Å². The van der Waals surface area contributed by atoms with Crippen molar-refractivity contribution in [1.29, 1.82) is 0 Å². The van der Waals surface area contributed by atoms with E-state index in [4.69, 9.17) is 9.47 Å². The maximum Gasteiger partial charge on any atom is 0.191 e. The fourth-order valence-corrected chi connectivity index (χ4v) is 7.72. The number of benzene rings is 1. The summed E-state index contributed by atoms with van der Waals surface area (Å²) in [5.41, 5.74) is 3.61. The molecule has 0 aliphatic carbocycles. The molecule has 0 saturated carbocycles. The number of aliphatic hydroxyl groups excluding tert-OH is 2. The first-order chi connectivity index (χ1) is 23.0. The predicted octanol–water partition coefficient (Wildman–Crippen LogP) is 7.52. The first kappa shape index (κ1) is 33.4. The van der Waals surface area contributed by atoms with Crippen molar-refractivity contribution >= 4 is 22.7 Å². The van der Waals surface area contributed by atoms with Gasteiger partial charge in [-0.1, -0.05) is 25.1 Å². The minimum atomic E-state index is -1.18. The summed E-state index contributed by atoms with van der Waals surface area (Å²) in [4.78, 5) is 14.8. The molecule has 4 atom stereocenters. The topological polar surface area (TPSA) is 100.0 Å². The maximum absolute atomic E-state index is 11.6. The Kier molecular flexibility index (Phi) is 11.4. The Hall–Kier alpha value is -3.48. The number of hydrogen-bond acceptors (Lipinski definition) is 10. The summed E-state index contributed by atoms with van der Waals surface area (Å²) in [5, 5.41) is 26.7. The third-order valence-corrected chi connectivity index (χ3v) is 10.6. The number of likely N-dealkylation sites (tertiary alicyclic amines) is 1. The maximum atomic E-state index is 11.6. The highest BCUT2D eigenvalue weighted by Gasteiger charge is 2.32. The van der Waals surface area contributed by atoms with Gasteiger partial charge in [0.05, 0.1) is 38.7 Å². The second-order valence-corrected chi connectivity index (χ2v) is 14.0. The Bertz CT molecular complexity index is 1690. The zero-order chi connectivity index (χ0) is 32.6. The van der Waals surface area contributed by atoms with Gasteiger partial charge in [-0.15, -0.1) is 22.7 Å². The van der Waals surface area contributed by atoms with E-state index < -0.39 is 18.6 Å². The van der Waals surface area contributed by atoms with E-state index in [9.17, 15) is 10.2 Å². The van der Waals surface area contributed by atoms with Crippen LogP contribution < -0.4 is 10.1 Å². The van der Waals surface area contributed by atoms with Gasteiger partial charge in [0, 0.05) is 23.8 Å². The van der Waals surface area contributed by atoms with Gasteiger partial charge in [0.2, 0.25) is 0 Å². The zero-order valence-corrected chi connectivity index (χ0v) is 28.4. The van der Waals surface area contributed by atoms with E-state index >= 15 is 0 Å². The van der Waals surface area contributed by atoms with Crippen molar-refractivity contribution in [1.82, 2.24) is 20.2 Å². The summed E-state index contributed by atoms with van der Waals surface area (Å²) < 4.78 is 12.6. The molecule has 0 bridgehead atoms. The van der Waals surface area contributed by atoms with Crippen LogP contribution in [0.1, 0.15) is 65.7 Å². The molecule has 5 aromatic rings. The fourth-order valence-electron chi connectivity index (χ4n) is 5.88. The lowest BCUT2D eigenvalue weighted by Gasteiger charge is -2.34. The van der Waals surface area contributed by atoms with Crippen molar-refractivity contribution in [3.63, 3.8) is 0 Å². The number of aryl methyl sites for hydroxylation is 1. The number of nitrogens with zero attached hydrogens (tertiary/aromatic N) is 3. The van der Waals surface area contributed by atoms with Crippen LogP contribution in [0.2, 0.25) is 0 Å². The van der Waals surface area contributed by atoms with Crippen LogP contribution in [-0.4, -0.2) is 57.4 Å². The van der Waals surface area contributed by atoms with Gasteiger partial charge in [0.25, 0.3) is 0 Å². The third kappa shape index (κ3) is 8.52. The Morgan fingerprint density at radius 2 is 1.51 bits per heavy atom. The highest BCUT2D eigenvalue weighted by Crippen LogP contribution is 2.37. The van der Waals surface area contributed by atoms with Crippen LogP contribution in [0.4, 0.5) is 0 Å². The molecule has 1 saturated heterocycles. The number of rotatable bonds is 15. The molecule has 4 aromatic heterocycles. The van der Waals surface area contributed by atoms with Crippen LogP contribution in [0.3, 0.4) is 0 Å². The van der Waals surface area contributed by atoms with Gasteiger partial charge in [-0.25, -0.2) is 0 Å². The van der Waals surface area contributed by atoms with Crippen molar-refractivity contribution in [2.45, 2.75) is 57.8 Å². The van der Waals surface area contributed by atoms with Crippen LogP contribution in [0.25, 0.3) is 21.1 Å². The van der Waals surface area contributed by atoms with Crippen molar-refractivity contribution in [3.05, 3.63) is 112 Å². The quantitative estimate of drug-likeness (QED) is 0.0984. The number of ether oxygens (including phenoxy) is 2. The van der Waals surface area contributed by atoms with Crippen LogP contribution in [-0.2, 0) is 4.74 Å². The molecule has 1 aromatic carbocycles. The lowest BCUT2D eigenvalue weighted by molar-refractivity contribution is -0.154. The Balaban J connectivity index is 1.31. The molecule has 8 nitrogen and oxygen atoms in total. The van der Waals surface area contributed by atoms with Crippen molar-refractivity contribution < 1.29 is 19.7 Å². The molecular weight excluding hydrogens is 629 g/mol.